The molecule has 0 bridgehead atoms. The highest BCUT2D eigenvalue weighted by molar-refractivity contribution is 7.91. The van der Waals surface area contributed by atoms with E-state index in [-0.39, 0.29) is 22.3 Å². The fraction of sp³-hybridized carbons (Fsp3) is 0.545. The van der Waals surface area contributed by atoms with Crippen LogP contribution < -0.4 is 0 Å². The van der Waals surface area contributed by atoms with Crippen molar-refractivity contribution in [2.75, 3.05) is 19.7 Å². The molecule has 0 atom stereocenters. The lowest BCUT2D eigenvalue weighted by molar-refractivity contribution is 0.0697. The second-order valence-electron chi connectivity index (χ2n) is 4.49. The monoisotopic (exact) mass is 305 g/mol. The molecule has 1 aliphatic heterocycles. The predicted molar refractivity (Wildman–Crippen MR) is 69.8 cm³/mol. The van der Waals surface area contributed by atoms with Gasteiger partial charge in [0.2, 0.25) is 0 Å². The van der Waals surface area contributed by atoms with Gasteiger partial charge in [0.25, 0.3) is 10.0 Å². The topological polar surface area (TPSA) is 94.9 Å². The lowest BCUT2D eigenvalue weighted by atomic mass is 10.00. The Labute approximate surface area is 115 Å². The first-order valence-corrected chi connectivity index (χ1v) is 8.20. The lowest BCUT2D eigenvalue weighted by Crippen LogP contribution is -2.38. The maximum absolute atomic E-state index is 12.3. The van der Waals surface area contributed by atoms with Crippen LogP contribution >= 0.6 is 11.3 Å². The summed E-state index contributed by atoms with van der Waals surface area (Å²) in [5, 5.41) is 19.2. The van der Waals surface area contributed by atoms with E-state index in [1.165, 1.54) is 15.8 Å². The van der Waals surface area contributed by atoms with Crippen LogP contribution in [-0.4, -0.2) is 48.6 Å². The van der Waals surface area contributed by atoms with Crippen LogP contribution in [0.4, 0.5) is 0 Å². The lowest BCUT2D eigenvalue weighted by Gasteiger charge is -2.29. The standard InChI is InChI=1S/C11H15NO5S2/c13-6-8-1-3-12(4-2-8)19(16,17)10-5-9(7-18-10)11(14)15/h5,7-8,13H,1-4,6H2,(H,14,15). The van der Waals surface area contributed by atoms with Gasteiger partial charge in [0.15, 0.2) is 0 Å². The zero-order valence-corrected chi connectivity index (χ0v) is 11.8. The number of piperidine rings is 1. The molecule has 19 heavy (non-hydrogen) atoms. The molecule has 2 rings (SSSR count). The van der Waals surface area contributed by atoms with Gasteiger partial charge >= 0.3 is 5.97 Å². The molecular formula is C11H15NO5S2. The van der Waals surface area contributed by atoms with Gasteiger partial charge in [-0.15, -0.1) is 11.3 Å². The Hall–Kier alpha value is -0.960. The molecule has 2 N–H and O–H groups in total. The van der Waals surface area contributed by atoms with Gasteiger partial charge in [0.05, 0.1) is 5.56 Å². The second-order valence-corrected chi connectivity index (χ2v) is 7.57. The molecule has 6 nitrogen and oxygen atoms in total. The molecule has 0 aliphatic carbocycles. The van der Waals surface area contributed by atoms with E-state index in [0.717, 1.165) is 11.3 Å². The van der Waals surface area contributed by atoms with Gasteiger partial charge in [0.1, 0.15) is 4.21 Å². The van der Waals surface area contributed by atoms with Crippen LogP contribution in [0, 0.1) is 5.92 Å². The number of carboxylic acids is 1. The minimum absolute atomic E-state index is 0.00572. The number of hydrogen-bond donors (Lipinski definition) is 2. The van der Waals surface area contributed by atoms with Crippen LogP contribution in [0.3, 0.4) is 0 Å². The summed E-state index contributed by atoms with van der Waals surface area (Å²) in [5.74, 6) is -0.971. The molecule has 0 aromatic carbocycles. The molecule has 1 aromatic heterocycles. The summed E-state index contributed by atoms with van der Waals surface area (Å²) in [7, 11) is -3.60. The molecule has 1 aliphatic rings. The molecular weight excluding hydrogens is 290 g/mol. The third-order valence-electron chi connectivity index (χ3n) is 3.25. The summed E-state index contributed by atoms with van der Waals surface area (Å²) in [4.78, 5) is 10.8. The SMILES string of the molecule is O=C(O)c1csc(S(=O)(=O)N2CCC(CO)CC2)c1. The summed E-state index contributed by atoms with van der Waals surface area (Å²) in [6, 6.07) is 1.19. The van der Waals surface area contributed by atoms with Crippen molar-refractivity contribution in [1.82, 2.24) is 4.31 Å². The van der Waals surface area contributed by atoms with E-state index >= 15 is 0 Å². The molecule has 106 valence electrons. The zero-order valence-electron chi connectivity index (χ0n) is 10.2. The first-order valence-electron chi connectivity index (χ1n) is 5.88. The van der Waals surface area contributed by atoms with Gasteiger partial charge in [-0.2, -0.15) is 4.31 Å². The molecule has 2 heterocycles. The highest BCUT2D eigenvalue weighted by atomic mass is 32.2. The van der Waals surface area contributed by atoms with E-state index in [1.807, 2.05) is 0 Å². The van der Waals surface area contributed by atoms with Gasteiger partial charge in [-0.3, -0.25) is 0 Å². The largest absolute Gasteiger partial charge is 0.478 e. The number of aliphatic hydroxyl groups excluding tert-OH is 1. The Bertz CT molecular complexity index is 557. The molecule has 0 amide bonds. The number of nitrogens with zero attached hydrogens (tertiary/aromatic N) is 1. The number of carbonyl (C=O) groups is 1. The van der Waals surface area contributed by atoms with Crippen LogP contribution in [0.1, 0.15) is 23.2 Å². The number of carboxylic acid groups (broad SMARTS) is 1. The van der Waals surface area contributed by atoms with Crippen molar-refractivity contribution < 1.29 is 23.4 Å². The van der Waals surface area contributed by atoms with E-state index < -0.39 is 16.0 Å². The Morgan fingerprint density at radius 1 is 1.42 bits per heavy atom. The number of aliphatic hydroxyl groups is 1. The number of sulfonamides is 1. The van der Waals surface area contributed by atoms with E-state index in [1.54, 1.807) is 0 Å². The van der Waals surface area contributed by atoms with E-state index in [2.05, 4.69) is 0 Å². The molecule has 0 radical (unpaired) electrons. The average molecular weight is 305 g/mol. The van der Waals surface area contributed by atoms with Crippen LogP contribution in [0.5, 0.6) is 0 Å². The molecule has 8 heteroatoms. The molecule has 0 spiro atoms. The first kappa shape index (κ1) is 14.4. The van der Waals surface area contributed by atoms with E-state index in [0.29, 0.717) is 25.9 Å². The highest BCUT2D eigenvalue weighted by Gasteiger charge is 2.30. The molecule has 0 saturated carbocycles. The van der Waals surface area contributed by atoms with Crippen molar-refractivity contribution >= 4 is 27.3 Å². The summed E-state index contributed by atoms with van der Waals surface area (Å²) in [6.45, 7) is 0.817. The van der Waals surface area contributed by atoms with Crippen LogP contribution in [-0.2, 0) is 10.0 Å². The minimum atomic E-state index is -3.60. The van der Waals surface area contributed by atoms with E-state index in [9.17, 15) is 13.2 Å². The van der Waals surface area contributed by atoms with E-state index in [4.69, 9.17) is 10.2 Å². The summed E-state index contributed by atoms with van der Waals surface area (Å²) in [5.41, 5.74) is -0.00572. The zero-order chi connectivity index (χ0) is 14.0. The average Bonchev–Trinajstić information content (AvgIpc) is 2.89. The third-order valence-corrected chi connectivity index (χ3v) is 6.56. The van der Waals surface area contributed by atoms with Crippen molar-refractivity contribution in [1.29, 1.82) is 0 Å². The quantitative estimate of drug-likeness (QED) is 0.859. The van der Waals surface area contributed by atoms with Gasteiger partial charge in [-0.05, 0) is 24.8 Å². The van der Waals surface area contributed by atoms with Gasteiger partial charge in [0, 0.05) is 25.1 Å². The normalized spacial score (nSPS) is 18.6. The van der Waals surface area contributed by atoms with Gasteiger partial charge in [-0.1, -0.05) is 0 Å². The summed E-state index contributed by atoms with van der Waals surface area (Å²) in [6.07, 6.45) is 1.26. The Kier molecular flexibility index (Phi) is 4.24. The fourth-order valence-corrected chi connectivity index (χ4v) is 4.80. The van der Waals surface area contributed by atoms with Crippen LogP contribution in [0.15, 0.2) is 15.7 Å². The first-order chi connectivity index (χ1) is 8.95. The minimum Gasteiger partial charge on any atom is -0.478 e. The molecule has 1 aromatic rings. The maximum Gasteiger partial charge on any atom is 0.336 e. The molecule has 0 unspecified atom stereocenters. The van der Waals surface area contributed by atoms with Crippen molar-refractivity contribution in [3.8, 4) is 0 Å². The van der Waals surface area contributed by atoms with Crippen LogP contribution in [0.2, 0.25) is 0 Å². The Balaban J connectivity index is 2.16. The number of hydrogen-bond acceptors (Lipinski definition) is 5. The number of aromatic carboxylic acids is 1. The van der Waals surface area contributed by atoms with Gasteiger partial charge < -0.3 is 10.2 Å². The number of rotatable bonds is 4. The number of thiophene rings is 1. The molecule has 1 fully saturated rings. The van der Waals surface area contributed by atoms with Crippen molar-refractivity contribution in [2.45, 2.75) is 17.1 Å². The Morgan fingerprint density at radius 2 is 2.05 bits per heavy atom. The summed E-state index contributed by atoms with van der Waals surface area (Å²) >= 11 is 0.925. The predicted octanol–water partition coefficient (Wildman–Crippen LogP) is 0.839. The van der Waals surface area contributed by atoms with Crippen molar-refractivity contribution in [3.63, 3.8) is 0 Å². The van der Waals surface area contributed by atoms with Crippen molar-refractivity contribution in [3.05, 3.63) is 17.0 Å². The third kappa shape index (κ3) is 2.97. The van der Waals surface area contributed by atoms with Crippen LogP contribution in [0.25, 0.3) is 0 Å². The summed E-state index contributed by atoms with van der Waals surface area (Å²) < 4.78 is 26.0. The smallest absolute Gasteiger partial charge is 0.336 e. The maximum atomic E-state index is 12.3. The van der Waals surface area contributed by atoms with Gasteiger partial charge in [-0.25, -0.2) is 13.2 Å². The molecule has 1 saturated heterocycles. The Morgan fingerprint density at radius 3 is 2.53 bits per heavy atom. The highest BCUT2D eigenvalue weighted by Crippen LogP contribution is 2.27. The van der Waals surface area contributed by atoms with Crippen molar-refractivity contribution in [2.24, 2.45) is 5.92 Å². The second kappa shape index (κ2) is 5.58. The fourth-order valence-electron chi connectivity index (χ4n) is 2.02.